The van der Waals surface area contributed by atoms with E-state index in [0.717, 1.165) is 11.4 Å². The summed E-state index contributed by atoms with van der Waals surface area (Å²) in [5, 5.41) is 7.71. The Kier molecular flexibility index (Phi) is 4.68. The summed E-state index contributed by atoms with van der Waals surface area (Å²) in [7, 11) is 3.09. The van der Waals surface area contributed by atoms with Crippen molar-refractivity contribution in [1.82, 2.24) is 20.1 Å². The summed E-state index contributed by atoms with van der Waals surface area (Å²) in [6.07, 6.45) is 0. The smallest absolute Gasteiger partial charge is 0.328 e. The third-order valence-electron chi connectivity index (χ3n) is 3.73. The first kappa shape index (κ1) is 16.9. The Hall–Kier alpha value is -2.44. The van der Waals surface area contributed by atoms with Crippen LogP contribution in [0.1, 0.15) is 48.4 Å². The van der Waals surface area contributed by atoms with Gasteiger partial charge < -0.3 is 10.1 Å². The van der Waals surface area contributed by atoms with E-state index in [9.17, 15) is 9.59 Å². The van der Waals surface area contributed by atoms with Crippen molar-refractivity contribution in [2.75, 3.05) is 7.11 Å². The number of nitrogens with one attached hydrogen (secondary N) is 1. The second kappa shape index (κ2) is 6.36. The Balaban J connectivity index is 2.54. The van der Waals surface area contributed by atoms with Gasteiger partial charge in [0.05, 0.1) is 23.8 Å². The molecule has 2 aromatic heterocycles. The summed E-state index contributed by atoms with van der Waals surface area (Å²) in [6, 6.07) is 1.04. The lowest BCUT2D eigenvalue weighted by Crippen LogP contribution is -2.39. The van der Waals surface area contributed by atoms with Crippen LogP contribution >= 0.6 is 0 Å². The number of fused-ring (bicyclic) bond motifs is 1. The van der Waals surface area contributed by atoms with Crippen LogP contribution < -0.4 is 5.32 Å². The number of rotatable bonds is 4. The van der Waals surface area contributed by atoms with Crippen LogP contribution in [0.5, 0.6) is 0 Å². The molecule has 0 aliphatic carbocycles. The lowest BCUT2D eigenvalue weighted by Gasteiger charge is -2.14. The minimum atomic E-state index is -0.727. The van der Waals surface area contributed by atoms with Crippen molar-refractivity contribution in [2.45, 2.75) is 39.7 Å². The number of aryl methyl sites for hydroxylation is 2. The average molecular weight is 318 g/mol. The lowest BCUT2D eigenvalue weighted by atomic mass is 10.0. The van der Waals surface area contributed by atoms with Crippen molar-refractivity contribution >= 4 is 22.9 Å². The van der Waals surface area contributed by atoms with E-state index in [1.54, 1.807) is 24.7 Å². The Bertz CT molecular complexity index is 764. The molecule has 0 saturated carbocycles. The van der Waals surface area contributed by atoms with Crippen molar-refractivity contribution in [3.63, 3.8) is 0 Å². The van der Waals surface area contributed by atoms with E-state index in [1.807, 2.05) is 20.8 Å². The van der Waals surface area contributed by atoms with Crippen molar-refractivity contribution in [1.29, 1.82) is 0 Å². The molecule has 0 bridgehead atoms. The molecular weight excluding hydrogens is 296 g/mol. The topological polar surface area (TPSA) is 86.1 Å². The Morgan fingerprint density at radius 2 is 1.96 bits per heavy atom. The molecule has 1 atom stereocenters. The van der Waals surface area contributed by atoms with Gasteiger partial charge in [-0.2, -0.15) is 5.10 Å². The Morgan fingerprint density at radius 1 is 1.30 bits per heavy atom. The SMILES string of the molecule is COC(=O)[C@@H](C)NC(=O)c1cc(C(C)C)nc2c1c(C)nn2C. The molecule has 0 aliphatic heterocycles. The standard InChI is InChI=1S/C16H22N4O3/c1-8(2)12-7-11(15(21)17-10(4)16(22)23-6)13-9(3)19-20(5)14(13)18-12/h7-8,10H,1-6H3,(H,17,21)/t10-/m1/s1. The number of methoxy groups -OCH3 is 1. The zero-order valence-electron chi connectivity index (χ0n) is 14.3. The first-order valence-corrected chi connectivity index (χ1v) is 7.49. The second-order valence-electron chi connectivity index (χ2n) is 5.88. The highest BCUT2D eigenvalue weighted by molar-refractivity contribution is 6.07. The number of hydrogen-bond donors (Lipinski definition) is 1. The van der Waals surface area contributed by atoms with Gasteiger partial charge in [0.1, 0.15) is 6.04 Å². The zero-order chi connectivity index (χ0) is 17.3. The highest BCUT2D eigenvalue weighted by Gasteiger charge is 2.22. The summed E-state index contributed by atoms with van der Waals surface area (Å²) < 4.78 is 6.31. The largest absolute Gasteiger partial charge is 0.467 e. The van der Waals surface area contributed by atoms with Crippen LogP contribution in [0.25, 0.3) is 11.0 Å². The third-order valence-corrected chi connectivity index (χ3v) is 3.73. The highest BCUT2D eigenvalue weighted by Crippen LogP contribution is 2.24. The van der Waals surface area contributed by atoms with Crippen LogP contribution in [0.3, 0.4) is 0 Å². The number of carbonyl (C=O) groups excluding carboxylic acids is 2. The van der Waals surface area contributed by atoms with Crippen molar-refractivity contribution in [3.05, 3.63) is 23.0 Å². The molecule has 0 aromatic carbocycles. The zero-order valence-corrected chi connectivity index (χ0v) is 14.3. The van der Waals surface area contributed by atoms with Crippen LogP contribution in [-0.2, 0) is 16.6 Å². The van der Waals surface area contributed by atoms with Gasteiger partial charge in [0.2, 0.25) is 0 Å². The lowest BCUT2D eigenvalue weighted by molar-refractivity contribution is -0.142. The molecular formula is C16H22N4O3. The van der Waals surface area contributed by atoms with Gasteiger partial charge >= 0.3 is 5.97 Å². The normalized spacial score (nSPS) is 12.5. The quantitative estimate of drug-likeness (QED) is 0.867. The number of aromatic nitrogens is 3. The van der Waals surface area contributed by atoms with Crippen LogP contribution in [0.4, 0.5) is 0 Å². The van der Waals surface area contributed by atoms with E-state index < -0.39 is 12.0 Å². The number of amides is 1. The van der Waals surface area contributed by atoms with E-state index in [4.69, 9.17) is 0 Å². The molecule has 7 nitrogen and oxygen atoms in total. The summed E-state index contributed by atoms with van der Waals surface area (Å²) >= 11 is 0. The summed E-state index contributed by atoms with van der Waals surface area (Å²) in [4.78, 5) is 28.8. The van der Waals surface area contributed by atoms with Crippen molar-refractivity contribution in [2.24, 2.45) is 7.05 Å². The molecule has 0 fully saturated rings. The molecule has 0 unspecified atom stereocenters. The molecule has 23 heavy (non-hydrogen) atoms. The van der Waals surface area contributed by atoms with E-state index in [2.05, 4.69) is 20.1 Å². The number of hydrogen-bond acceptors (Lipinski definition) is 5. The molecule has 1 N–H and O–H groups in total. The van der Waals surface area contributed by atoms with Gasteiger partial charge in [-0.3, -0.25) is 9.48 Å². The van der Waals surface area contributed by atoms with Gasteiger partial charge in [-0.25, -0.2) is 9.78 Å². The van der Waals surface area contributed by atoms with Gasteiger partial charge in [0.25, 0.3) is 5.91 Å². The number of carbonyl (C=O) groups is 2. The van der Waals surface area contributed by atoms with Gasteiger partial charge in [0.15, 0.2) is 5.65 Å². The molecule has 0 saturated heterocycles. The fraction of sp³-hybridized carbons (Fsp3) is 0.500. The number of ether oxygens (including phenoxy) is 1. The molecule has 1 amide bonds. The number of esters is 1. The molecule has 2 heterocycles. The van der Waals surface area contributed by atoms with Crippen molar-refractivity contribution < 1.29 is 14.3 Å². The maximum atomic E-state index is 12.6. The van der Waals surface area contributed by atoms with E-state index in [0.29, 0.717) is 16.6 Å². The second-order valence-corrected chi connectivity index (χ2v) is 5.88. The third kappa shape index (κ3) is 3.18. The molecule has 0 radical (unpaired) electrons. The van der Waals surface area contributed by atoms with E-state index in [-0.39, 0.29) is 11.8 Å². The van der Waals surface area contributed by atoms with Crippen LogP contribution in [0, 0.1) is 6.92 Å². The monoisotopic (exact) mass is 318 g/mol. The molecule has 124 valence electrons. The molecule has 0 aliphatic rings. The van der Waals surface area contributed by atoms with Crippen LogP contribution in [0.2, 0.25) is 0 Å². The fourth-order valence-corrected chi connectivity index (χ4v) is 2.45. The maximum absolute atomic E-state index is 12.6. The minimum absolute atomic E-state index is 0.166. The van der Waals surface area contributed by atoms with E-state index in [1.165, 1.54) is 7.11 Å². The minimum Gasteiger partial charge on any atom is -0.467 e. The molecule has 2 rings (SSSR count). The van der Waals surface area contributed by atoms with Gasteiger partial charge in [-0.1, -0.05) is 13.8 Å². The van der Waals surface area contributed by atoms with Crippen LogP contribution in [0.15, 0.2) is 6.07 Å². The van der Waals surface area contributed by atoms with Gasteiger partial charge in [0, 0.05) is 12.7 Å². The fourth-order valence-electron chi connectivity index (χ4n) is 2.45. The Morgan fingerprint density at radius 3 is 2.52 bits per heavy atom. The molecule has 0 spiro atoms. The summed E-state index contributed by atoms with van der Waals surface area (Å²) in [6.45, 7) is 7.44. The predicted molar refractivity (Wildman–Crippen MR) is 86.3 cm³/mol. The van der Waals surface area contributed by atoms with Gasteiger partial charge in [-0.15, -0.1) is 0 Å². The predicted octanol–water partition coefficient (Wildman–Crippen LogP) is 1.69. The first-order valence-electron chi connectivity index (χ1n) is 7.49. The maximum Gasteiger partial charge on any atom is 0.328 e. The average Bonchev–Trinajstić information content (AvgIpc) is 2.80. The van der Waals surface area contributed by atoms with Crippen LogP contribution in [-0.4, -0.2) is 39.8 Å². The van der Waals surface area contributed by atoms with E-state index >= 15 is 0 Å². The van der Waals surface area contributed by atoms with Gasteiger partial charge in [-0.05, 0) is 25.8 Å². The first-order chi connectivity index (χ1) is 10.8. The van der Waals surface area contributed by atoms with Crippen molar-refractivity contribution in [3.8, 4) is 0 Å². The number of pyridine rings is 1. The molecule has 2 aromatic rings. The summed E-state index contributed by atoms with van der Waals surface area (Å²) in [5.41, 5.74) is 2.65. The molecule has 7 heteroatoms. The summed E-state index contributed by atoms with van der Waals surface area (Å²) in [5.74, 6) is -0.664. The number of nitrogens with zero attached hydrogens (tertiary/aromatic N) is 3. The highest BCUT2D eigenvalue weighted by atomic mass is 16.5. The Labute approximate surface area is 135 Å².